The highest BCUT2D eigenvalue weighted by Gasteiger charge is 2.32. The first kappa shape index (κ1) is 24.2. The molecule has 8 nitrogen and oxygen atoms in total. The third-order valence-electron chi connectivity index (χ3n) is 4.70. The summed E-state index contributed by atoms with van der Waals surface area (Å²) in [6.07, 6.45) is 1.62. The molecule has 4 N–H and O–H groups in total. The van der Waals surface area contributed by atoms with E-state index >= 15 is 0 Å². The van der Waals surface area contributed by atoms with Gasteiger partial charge in [-0.25, -0.2) is 13.4 Å². The first-order chi connectivity index (χ1) is 14.7. The van der Waals surface area contributed by atoms with E-state index in [9.17, 15) is 13.5 Å². The van der Waals surface area contributed by atoms with Gasteiger partial charge in [0.2, 0.25) is 0 Å². The molecule has 0 radical (unpaired) electrons. The molecule has 31 heavy (non-hydrogen) atoms. The number of hydrogen-bond acceptors (Lipinski definition) is 6. The van der Waals surface area contributed by atoms with E-state index in [0.717, 1.165) is 17.3 Å². The standard InChI is InChI=1S/C19H22BrClN4O4S2/c1-29-11-12-5-4-10-25(12)24-31(27,28)18-14(21)8-9-16(17(18)26)23-19(30)22-15-7-3-2-6-13(15)20/h2-3,6-9,12,24,26H,4-5,10-11H2,1H3,(H2,22,23,30)/t12-/m1/s1. The maximum absolute atomic E-state index is 13.0. The fourth-order valence-corrected chi connectivity index (χ4v) is 5.65. The van der Waals surface area contributed by atoms with E-state index in [1.165, 1.54) is 12.1 Å². The fourth-order valence-electron chi connectivity index (χ4n) is 3.26. The average Bonchev–Trinajstić information content (AvgIpc) is 3.12. The summed E-state index contributed by atoms with van der Waals surface area (Å²) < 4.78 is 32.0. The van der Waals surface area contributed by atoms with E-state index in [1.54, 1.807) is 12.1 Å². The van der Waals surface area contributed by atoms with Crippen LogP contribution in [0.2, 0.25) is 5.02 Å². The van der Waals surface area contributed by atoms with Crippen LogP contribution in [0.25, 0.3) is 0 Å². The van der Waals surface area contributed by atoms with Crippen LogP contribution in [0.4, 0.5) is 11.4 Å². The third-order valence-corrected chi connectivity index (χ3v) is 7.44. The Labute approximate surface area is 200 Å². The minimum Gasteiger partial charge on any atom is -0.504 e. The second kappa shape index (κ2) is 10.4. The lowest BCUT2D eigenvalue weighted by molar-refractivity contribution is 0.104. The van der Waals surface area contributed by atoms with E-state index in [2.05, 4.69) is 31.4 Å². The molecular weight excluding hydrogens is 528 g/mol. The molecule has 1 saturated heterocycles. The Balaban J connectivity index is 1.81. The molecule has 2 aromatic rings. The highest BCUT2D eigenvalue weighted by Crippen LogP contribution is 2.37. The van der Waals surface area contributed by atoms with Gasteiger partial charge in [-0.15, -0.1) is 4.83 Å². The zero-order valence-electron chi connectivity index (χ0n) is 16.6. The summed E-state index contributed by atoms with van der Waals surface area (Å²) in [5.41, 5.74) is 0.811. The number of phenols is 1. The number of anilines is 2. The van der Waals surface area contributed by atoms with Crippen molar-refractivity contribution in [3.8, 4) is 5.75 Å². The lowest BCUT2D eigenvalue weighted by Crippen LogP contribution is -2.46. The molecule has 0 saturated carbocycles. The topological polar surface area (TPSA) is 103 Å². The molecule has 1 atom stereocenters. The van der Waals surface area contributed by atoms with Crippen molar-refractivity contribution in [3.63, 3.8) is 0 Å². The number of nitrogens with zero attached hydrogens (tertiary/aromatic N) is 1. The molecular formula is C19H22BrClN4O4S2. The van der Waals surface area contributed by atoms with Crippen LogP contribution in [0.1, 0.15) is 12.8 Å². The number of phenolic OH excluding ortho intramolecular Hbond substituents is 1. The number of ether oxygens (including phenoxy) is 1. The highest BCUT2D eigenvalue weighted by atomic mass is 79.9. The van der Waals surface area contributed by atoms with E-state index in [-0.39, 0.29) is 21.9 Å². The minimum absolute atomic E-state index is 0.0944. The SMILES string of the molecule is COC[C@H]1CCCN1NS(=O)(=O)c1c(Cl)ccc(NC(=S)Nc2ccccc2Br)c1O. The molecule has 3 rings (SSSR count). The number of hydrazine groups is 1. The van der Waals surface area contributed by atoms with Crippen molar-refractivity contribution in [2.24, 2.45) is 0 Å². The average molecular weight is 550 g/mol. The second-order valence-corrected chi connectivity index (χ2v) is 10.1. The highest BCUT2D eigenvalue weighted by molar-refractivity contribution is 9.10. The van der Waals surface area contributed by atoms with E-state index < -0.39 is 20.7 Å². The largest absolute Gasteiger partial charge is 0.504 e. The van der Waals surface area contributed by atoms with Crippen LogP contribution >= 0.6 is 39.7 Å². The molecule has 1 heterocycles. The molecule has 0 unspecified atom stereocenters. The van der Waals surface area contributed by atoms with Crippen molar-refractivity contribution < 1.29 is 18.3 Å². The Kier molecular flexibility index (Phi) is 8.14. The van der Waals surface area contributed by atoms with Gasteiger partial charge in [0.25, 0.3) is 10.0 Å². The molecule has 0 aliphatic carbocycles. The number of benzene rings is 2. The van der Waals surface area contributed by atoms with Crippen molar-refractivity contribution in [3.05, 3.63) is 45.9 Å². The van der Waals surface area contributed by atoms with Gasteiger partial charge in [-0.05, 0) is 65.3 Å². The van der Waals surface area contributed by atoms with Crippen molar-refractivity contribution in [1.29, 1.82) is 0 Å². The Morgan fingerprint density at radius 3 is 2.71 bits per heavy atom. The third kappa shape index (κ3) is 5.86. The quantitative estimate of drug-likeness (QED) is 0.304. The van der Waals surface area contributed by atoms with E-state index in [0.29, 0.717) is 18.8 Å². The van der Waals surface area contributed by atoms with Gasteiger partial charge in [-0.3, -0.25) is 0 Å². The second-order valence-electron chi connectivity index (χ2n) is 6.87. The van der Waals surface area contributed by atoms with Gasteiger partial charge < -0.3 is 20.5 Å². The maximum atomic E-state index is 13.0. The summed E-state index contributed by atoms with van der Waals surface area (Å²) in [7, 11) is -2.59. The normalized spacial score (nSPS) is 16.9. The molecule has 1 aliphatic heterocycles. The van der Waals surface area contributed by atoms with Gasteiger partial charge in [0, 0.05) is 24.2 Å². The molecule has 168 valence electrons. The number of halogens is 2. The van der Waals surface area contributed by atoms with Crippen LogP contribution in [0, 0.1) is 0 Å². The monoisotopic (exact) mass is 548 g/mol. The predicted molar refractivity (Wildman–Crippen MR) is 129 cm³/mol. The van der Waals surface area contributed by atoms with Crippen molar-refractivity contribution in [2.75, 3.05) is 30.9 Å². The van der Waals surface area contributed by atoms with Crippen molar-refractivity contribution in [1.82, 2.24) is 9.84 Å². The number of thiocarbonyl (C=S) groups is 1. The minimum atomic E-state index is -4.15. The summed E-state index contributed by atoms with van der Waals surface area (Å²) in [5, 5.41) is 18.2. The number of rotatable bonds is 7. The maximum Gasteiger partial charge on any atom is 0.258 e. The molecule has 0 amide bonds. The van der Waals surface area contributed by atoms with Gasteiger partial charge in [0.15, 0.2) is 10.9 Å². The van der Waals surface area contributed by atoms with E-state index in [4.69, 9.17) is 28.6 Å². The number of nitrogens with one attached hydrogen (secondary N) is 3. The summed E-state index contributed by atoms with van der Waals surface area (Å²) in [5.74, 6) is -0.529. The van der Waals surface area contributed by atoms with Gasteiger partial charge in [0.05, 0.1) is 23.0 Å². The molecule has 2 aromatic carbocycles. The fraction of sp³-hybridized carbons (Fsp3) is 0.316. The van der Waals surface area contributed by atoms with Gasteiger partial charge in [0.1, 0.15) is 4.90 Å². The number of hydrogen-bond donors (Lipinski definition) is 4. The Hall–Kier alpha value is -1.47. The predicted octanol–water partition coefficient (Wildman–Crippen LogP) is 3.92. The Morgan fingerprint density at radius 2 is 2.00 bits per heavy atom. The summed E-state index contributed by atoms with van der Waals surface area (Å²) in [6, 6.07) is 10.1. The smallest absolute Gasteiger partial charge is 0.258 e. The number of sulfonamides is 1. The summed E-state index contributed by atoms with van der Waals surface area (Å²) in [4.78, 5) is 2.09. The first-order valence-electron chi connectivity index (χ1n) is 9.35. The number of aromatic hydroxyl groups is 1. The van der Waals surface area contributed by atoms with Crippen molar-refractivity contribution in [2.45, 2.75) is 23.8 Å². The number of para-hydroxylation sites is 1. The van der Waals surface area contributed by atoms with Crippen LogP contribution < -0.4 is 15.5 Å². The molecule has 1 fully saturated rings. The summed E-state index contributed by atoms with van der Waals surface area (Å²) >= 11 is 14.9. The van der Waals surface area contributed by atoms with Gasteiger partial charge in [-0.1, -0.05) is 23.7 Å². The molecule has 0 aromatic heterocycles. The molecule has 0 bridgehead atoms. The Bertz CT molecular complexity index is 1070. The van der Waals surface area contributed by atoms with Gasteiger partial charge in [-0.2, -0.15) is 0 Å². The summed E-state index contributed by atoms with van der Waals surface area (Å²) in [6.45, 7) is 0.919. The Morgan fingerprint density at radius 1 is 1.29 bits per heavy atom. The van der Waals surface area contributed by atoms with Crippen LogP contribution in [-0.4, -0.2) is 49.9 Å². The van der Waals surface area contributed by atoms with Crippen LogP contribution in [-0.2, 0) is 14.8 Å². The van der Waals surface area contributed by atoms with Crippen molar-refractivity contribution >= 4 is 66.3 Å². The lowest BCUT2D eigenvalue weighted by Gasteiger charge is -2.25. The van der Waals surface area contributed by atoms with Gasteiger partial charge >= 0.3 is 0 Å². The molecule has 0 spiro atoms. The van der Waals surface area contributed by atoms with Crippen LogP contribution in [0.3, 0.4) is 0 Å². The zero-order valence-corrected chi connectivity index (χ0v) is 20.5. The zero-order chi connectivity index (χ0) is 22.6. The number of methoxy groups -OCH3 is 1. The van der Waals surface area contributed by atoms with Crippen LogP contribution in [0.5, 0.6) is 5.75 Å². The molecule has 1 aliphatic rings. The first-order valence-corrected chi connectivity index (χ1v) is 12.4. The van der Waals surface area contributed by atoms with E-state index in [1.807, 2.05) is 24.3 Å². The van der Waals surface area contributed by atoms with Crippen LogP contribution in [0.15, 0.2) is 45.8 Å². The molecule has 12 heteroatoms. The lowest BCUT2D eigenvalue weighted by atomic mass is 10.2.